The van der Waals surface area contributed by atoms with Crippen molar-refractivity contribution in [3.05, 3.63) is 54.5 Å². The van der Waals surface area contributed by atoms with Gasteiger partial charge in [0.15, 0.2) is 5.75 Å². The molecule has 1 aliphatic heterocycles. The minimum Gasteiger partial charge on any atom is -0.494 e. The van der Waals surface area contributed by atoms with Crippen molar-refractivity contribution in [2.24, 2.45) is 0 Å². The second-order valence-corrected chi connectivity index (χ2v) is 7.47. The molecule has 1 aromatic carbocycles. The van der Waals surface area contributed by atoms with Gasteiger partial charge in [0.25, 0.3) is 5.91 Å². The monoisotopic (exact) mass is 422 g/mol. The van der Waals surface area contributed by atoms with E-state index in [1.165, 1.54) is 6.20 Å². The van der Waals surface area contributed by atoms with E-state index in [1.807, 2.05) is 24.3 Å². The van der Waals surface area contributed by atoms with Gasteiger partial charge in [-0.05, 0) is 42.8 Å². The Morgan fingerprint density at radius 3 is 2.61 bits per heavy atom. The van der Waals surface area contributed by atoms with Crippen LogP contribution in [0, 0.1) is 0 Å². The average molecular weight is 422 g/mol. The molecule has 0 unspecified atom stereocenters. The summed E-state index contributed by atoms with van der Waals surface area (Å²) >= 11 is 0. The highest BCUT2D eigenvalue weighted by Crippen LogP contribution is 2.23. The lowest BCUT2D eigenvalue weighted by Gasteiger charge is -2.33. The molecule has 4 rings (SSSR count). The molecule has 1 fully saturated rings. The summed E-state index contributed by atoms with van der Waals surface area (Å²) in [6.07, 6.45) is 4.78. The summed E-state index contributed by atoms with van der Waals surface area (Å²) in [7, 11) is 0. The fraction of sp³-hybridized carbons (Fsp3) is 0.348. The number of piperazine rings is 1. The van der Waals surface area contributed by atoms with Gasteiger partial charge in [0.2, 0.25) is 0 Å². The van der Waals surface area contributed by atoms with E-state index in [9.17, 15) is 9.59 Å². The molecule has 0 radical (unpaired) electrons. The number of aromatic nitrogens is 2. The Bertz CT molecular complexity index is 1040. The average Bonchev–Trinajstić information content (AvgIpc) is 3.23. The third kappa shape index (κ3) is 4.96. The first-order chi connectivity index (χ1) is 15.1. The summed E-state index contributed by atoms with van der Waals surface area (Å²) in [5, 5.41) is 0.941. The van der Waals surface area contributed by atoms with E-state index in [0.29, 0.717) is 44.2 Å². The summed E-state index contributed by atoms with van der Waals surface area (Å²) in [4.78, 5) is 35.7. The van der Waals surface area contributed by atoms with Crippen molar-refractivity contribution >= 4 is 22.9 Å². The molecular weight excluding hydrogens is 396 g/mol. The maximum Gasteiger partial charge on any atom is 0.415 e. The zero-order valence-corrected chi connectivity index (χ0v) is 17.5. The Morgan fingerprint density at radius 2 is 1.87 bits per heavy atom. The van der Waals surface area contributed by atoms with Crippen LogP contribution in [0.2, 0.25) is 0 Å². The number of nitrogens with zero attached hydrogens (tertiary/aromatic N) is 3. The Kier molecular flexibility index (Phi) is 6.35. The first kappa shape index (κ1) is 20.7. The molecule has 0 aliphatic carbocycles. The van der Waals surface area contributed by atoms with Gasteiger partial charge in [0.1, 0.15) is 11.4 Å². The fourth-order valence-corrected chi connectivity index (χ4v) is 3.49. The first-order valence-corrected chi connectivity index (χ1v) is 10.6. The predicted molar refractivity (Wildman–Crippen MR) is 116 cm³/mol. The Labute approximate surface area is 180 Å². The lowest BCUT2D eigenvalue weighted by atomic mass is 10.2. The molecule has 0 spiro atoms. The van der Waals surface area contributed by atoms with E-state index < -0.39 is 6.09 Å². The van der Waals surface area contributed by atoms with Crippen LogP contribution in [0.1, 0.15) is 30.3 Å². The Balaban J connectivity index is 1.34. The third-order valence-corrected chi connectivity index (χ3v) is 5.25. The van der Waals surface area contributed by atoms with Crippen LogP contribution in [-0.2, 0) is 0 Å². The molecule has 31 heavy (non-hydrogen) atoms. The number of carbonyl (C=O) groups excluding carboxylic acids is 2. The van der Waals surface area contributed by atoms with Crippen LogP contribution >= 0.6 is 0 Å². The molecule has 3 heterocycles. The van der Waals surface area contributed by atoms with Crippen molar-refractivity contribution < 1.29 is 19.1 Å². The van der Waals surface area contributed by atoms with Crippen LogP contribution < -0.4 is 9.47 Å². The van der Waals surface area contributed by atoms with Crippen molar-refractivity contribution in [1.29, 1.82) is 0 Å². The number of amides is 2. The second kappa shape index (κ2) is 9.51. The summed E-state index contributed by atoms with van der Waals surface area (Å²) in [6.45, 7) is 4.54. The number of hydrogen-bond acceptors (Lipinski definition) is 5. The topological polar surface area (TPSA) is 87.8 Å². The minimum absolute atomic E-state index is 0.0788. The zero-order chi connectivity index (χ0) is 21.6. The maximum atomic E-state index is 13.0. The van der Waals surface area contributed by atoms with E-state index in [4.69, 9.17) is 9.47 Å². The van der Waals surface area contributed by atoms with Gasteiger partial charge < -0.3 is 24.3 Å². The lowest BCUT2D eigenvalue weighted by Crippen LogP contribution is -2.51. The van der Waals surface area contributed by atoms with Crippen molar-refractivity contribution in [2.45, 2.75) is 19.8 Å². The predicted octanol–water partition coefficient (Wildman–Crippen LogP) is 3.70. The summed E-state index contributed by atoms with van der Waals surface area (Å²) < 4.78 is 11.1. The molecule has 162 valence electrons. The van der Waals surface area contributed by atoms with E-state index >= 15 is 0 Å². The van der Waals surface area contributed by atoms with Crippen molar-refractivity contribution in [2.75, 3.05) is 32.8 Å². The van der Waals surface area contributed by atoms with Crippen LogP contribution in [0.3, 0.4) is 0 Å². The molecule has 8 nitrogen and oxygen atoms in total. The molecule has 8 heteroatoms. The van der Waals surface area contributed by atoms with Crippen LogP contribution in [0.25, 0.3) is 10.9 Å². The van der Waals surface area contributed by atoms with Gasteiger partial charge in [-0.2, -0.15) is 0 Å². The molecule has 0 bridgehead atoms. The quantitative estimate of drug-likeness (QED) is 0.612. The fourth-order valence-electron chi connectivity index (χ4n) is 3.49. The maximum absolute atomic E-state index is 13.0. The van der Waals surface area contributed by atoms with Crippen LogP contribution in [0.15, 0.2) is 48.8 Å². The van der Waals surface area contributed by atoms with Crippen LogP contribution in [0.5, 0.6) is 11.5 Å². The van der Waals surface area contributed by atoms with E-state index in [0.717, 1.165) is 29.5 Å². The molecule has 1 aliphatic rings. The molecule has 2 amide bonds. The van der Waals surface area contributed by atoms with E-state index in [2.05, 4.69) is 16.9 Å². The highest BCUT2D eigenvalue weighted by molar-refractivity contribution is 5.98. The molecule has 3 aromatic rings. The number of fused-ring (bicyclic) bond motifs is 1. The number of ether oxygens (including phenoxy) is 2. The van der Waals surface area contributed by atoms with Crippen molar-refractivity contribution in [1.82, 2.24) is 19.8 Å². The SMILES string of the molecule is CCCCOc1ccc2[nH]c(C(=O)N3CCN(C(=O)Oc4cccnc4)CC3)cc2c1. The summed E-state index contributed by atoms with van der Waals surface area (Å²) in [5.41, 5.74) is 1.43. The van der Waals surface area contributed by atoms with Gasteiger partial charge >= 0.3 is 6.09 Å². The summed E-state index contributed by atoms with van der Waals surface area (Å²) in [5.74, 6) is 1.13. The largest absolute Gasteiger partial charge is 0.494 e. The standard InChI is InChI=1S/C23H26N4O4/c1-2-3-13-30-18-6-7-20-17(14-18)15-21(25-20)22(28)26-9-11-27(12-10-26)23(29)31-19-5-4-8-24-16-19/h4-8,14-16,25H,2-3,9-13H2,1H3. The Morgan fingerprint density at radius 1 is 1.06 bits per heavy atom. The number of nitrogens with one attached hydrogen (secondary N) is 1. The molecule has 2 aromatic heterocycles. The number of unbranched alkanes of at least 4 members (excludes halogenated alkanes) is 1. The number of rotatable bonds is 6. The number of pyridine rings is 1. The lowest BCUT2D eigenvalue weighted by molar-refractivity contribution is 0.0629. The third-order valence-electron chi connectivity index (χ3n) is 5.25. The van der Waals surface area contributed by atoms with Gasteiger partial charge in [-0.3, -0.25) is 9.78 Å². The minimum atomic E-state index is -0.429. The zero-order valence-electron chi connectivity index (χ0n) is 17.5. The van der Waals surface area contributed by atoms with E-state index in [-0.39, 0.29) is 5.91 Å². The molecule has 0 atom stereocenters. The number of carbonyl (C=O) groups is 2. The molecule has 1 saturated heterocycles. The van der Waals surface area contributed by atoms with Gasteiger partial charge in [-0.1, -0.05) is 13.3 Å². The molecule has 1 N–H and O–H groups in total. The molecule has 0 saturated carbocycles. The number of hydrogen-bond donors (Lipinski definition) is 1. The number of H-pyrrole nitrogens is 1. The summed E-state index contributed by atoms with van der Waals surface area (Å²) in [6, 6.07) is 11.0. The first-order valence-electron chi connectivity index (χ1n) is 10.6. The Hall–Kier alpha value is -3.55. The highest BCUT2D eigenvalue weighted by Gasteiger charge is 2.26. The van der Waals surface area contributed by atoms with Crippen LogP contribution in [0.4, 0.5) is 4.79 Å². The number of benzene rings is 1. The second-order valence-electron chi connectivity index (χ2n) is 7.47. The van der Waals surface area contributed by atoms with Gasteiger partial charge in [0, 0.05) is 43.3 Å². The van der Waals surface area contributed by atoms with Crippen molar-refractivity contribution in [3.63, 3.8) is 0 Å². The van der Waals surface area contributed by atoms with Gasteiger partial charge in [0.05, 0.1) is 12.8 Å². The highest BCUT2D eigenvalue weighted by atomic mass is 16.6. The normalized spacial score (nSPS) is 14.0. The number of aromatic amines is 1. The van der Waals surface area contributed by atoms with Crippen LogP contribution in [-0.4, -0.2) is 64.6 Å². The molecular formula is C23H26N4O4. The van der Waals surface area contributed by atoms with Crippen molar-refractivity contribution in [3.8, 4) is 11.5 Å². The van der Waals surface area contributed by atoms with E-state index in [1.54, 1.807) is 28.1 Å². The smallest absolute Gasteiger partial charge is 0.415 e. The van der Waals surface area contributed by atoms with Gasteiger partial charge in [-0.15, -0.1) is 0 Å². The van der Waals surface area contributed by atoms with Gasteiger partial charge in [-0.25, -0.2) is 4.79 Å².